The van der Waals surface area contributed by atoms with Gasteiger partial charge in [-0.25, -0.2) is 0 Å². The van der Waals surface area contributed by atoms with E-state index < -0.39 is 0 Å². The number of likely N-dealkylation sites (N-methyl/N-ethyl adjacent to an activating group) is 1. The topological polar surface area (TPSA) is 38.3 Å². The number of rotatable bonds is 5. The highest BCUT2D eigenvalue weighted by molar-refractivity contribution is 5.98. The van der Waals surface area contributed by atoms with Crippen molar-refractivity contribution in [1.82, 2.24) is 5.32 Å². The quantitative estimate of drug-likeness (QED) is 0.774. The molecule has 0 unspecified atom stereocenters. The Morgan fingerprint density at radius 1 is 1.31 bits per heavy atom. The molecule has 0 atom stereocenters. The second-order valence-corrected chi connectivity index (χ2v) is 3.85. The van der Waals surface area contributed by atoms with Crippen LogP contribution in [0.25, 0.3) is 0 Å². The van der Waals surface area contributed by atoms with Crippen LogP contribution in [0.3, 0.4) is 0 Å². The average Bonchev–Trinajstić information content (AvgIpc) is 2.25. The molecular formula is C13H19NO2. The van der Waals surface area contributed by atoms with Gasteiger partial charge in [0, 0.05) is 5.56 Å². The molecule has 0 amide bonds. The monoisotopic (exact) mass is 221 g/mol. The van der Waals surface area contributed by atoms with Crippen molar-refractivity contribution in [3.05, 3.63) is 28.8 Å². The Kier molecular flexibility index (Phi) is 4.50. The molecule has 3 nitrogen and oxygen atoms in total. The van der Waals surface area contributed by atoms with Crippen molar-refractivity contribution in [2.45, 2.75) is 20.8 Å². The maximum Gasteiger partial charge on any atom is 0.176 e. The first-order valence-electron chi connectivity index (χ1n) is 5.49. The summed E-state index contributed by atoms with van der Waals surface area (Å²) in [7, 11) is 1.65. The molecule has 1 aromatic rings. The summed E-state index contributed by atoms with van der Waals surface area (Å²) in [4.78, 5) is 11.8. The Bertz CT molecular complexity index is 363. The molecule has 1 N–H and O–H groups in total. The summed E-state index contributed by atoms with van der Waals surface area (Å²) >= 11 is 0. The first kappa shape index (κ1) is 12.7. The van der Waals surface area contributed by atoms with Crippen molar-refractivity contribution < 1.29 is 9.53 Å². The van der Waals surface area contributed by atoms with Gasteiger partial charge in [0.25, 0.3) is 0 Å². The lowest BCUT2D eigenvalue weighted by molar-refractivity contribution is 0.0991. The predicted molar refractivity (Wildman–Crippen MR) is 65.3 cm³/mol. The van der Waals surface area contributed by atoms with E-state index in [-0.39, 0.29) is 5.78 Å². The second kappa shape index (κ2) is 5.66. The third-order valence-electron chi connectivity index (χ3n) is 2.52. The molecule has 88 valence electrons. The summed E-state index contributed by atoms with van der Waals surface area (Å²) in [6.45, 7) is 7.09. The van der Waals surface area contributed by atoms with Crippen LogP contribution in [0.4, 0.5) is 0 Å². The van der Waals surface area contributed by atoms with Crippen LogP contribution in [-0.4, -0.2) is 26.0 Å². The molecule has 0 bridgehead atoms. The van der Waals surface area contributed by atoms with Crippen LogP contribution < -0.4 is 10.1 Å². The number of ether oxygens (including phenoxy) is 1. The molecule has 1 rings (SSSR count). The number of ketones is 1. The molecule has 0 heterocycles. The van der Waals surface area contributed by atoms with Gasteiger partial charge in [0.05, 0.1) is 13.7 Å². The third kappa shape index (κ3) is 2.83. The number of aryl methyl sites for hydroxylation is 2. The molecule has 0 spiro atoms. The van der Waals surface area contributed by atoms with Gasteiger partial charge in [-0.15, -0.1) is 0 Å². The van der Waals surface area contributed by atoms with Crippen LogP contribution in [0, 0.1) is 13.8 Å². The van der Waals surface area contributed by atoms with Crippen molar-refractivity contribution in [1.29, 1.82) is 0 Å². The number of carbonyl (C=O) groups is 1. The largest absolute Gasteiger partial charge is 0.496 e. The van der Waals surface area contributed by atoms with Crippen LogP contribution in [0.5, 0.6) is 5.75 Å². The molecule has 0 aromatic heterocycles. The Labute approximate surface area is 96.8 Å². The van der Waals surface area contributed by atoms with E-state index in [1.807, 2.05) is 32.9 Å². The highest BCUT2D eigenvalue weighted by Crippen LogP contribution is 2.24. The van der Waals surface area contributed by atoms with Gasteiger partial charge in [0.15, 0.2) is 5.78 Å². The summed E-state index contributed by atoms with van der Waals surface area (Å²) < 4.78 is 5.26. The van der Waals surface area contributed by atoms with E-state index in [0.29, 0.717) is 6.54 Å². The number of carbonyl (C=O) groups excluding carboxylic acids is 1. The lowest BCUT2D eigenvalue weighted by atomic mass is 10.0. The number of benzene rings is 1. The number of hydrogen-bond donors (Lipinski definition) is 1. The maximum absolute atomic E-state index is 11.8. The summed E-state index contributed by atoms with van der Waals surface area (Å²) in [5, 5.41) is 3.03. The van der Waals surface area contributed by atoms with Gasteiger partial charge in [-0.3, -0.25) is 4.79 Å². The highest BCUT2D eigenvalue weighted by atomic mass is 16.5. The van der Waals surface area contributed by atoms with Gasteiger partial charge in [-0.05, 0) is 43.7 Å². The Hall–Kier alpha value is -1.35. The Balaban J connectivity index is 2.95. The van der Waals surface area contributed by atoms with E-state index in [1.54, 1.807) is 7.11 Å². The molecule has 0 aliphatic heterocycles. The molecule has 16 heavy (non-hydrogen) atoms. The van der Waals surface area contributed by atoms with E-state index in [0.717, 1.165) is 29.0 Å². The molecule has 0 saturated carbocycles. The van der Waals surface area contributed by atoms with Crippen molar-refractivity contribution in [3.8, 4) is 5.75 Å². The van der Waals surface area contributed by atoms with Gasteiger partial charge >= 0.3 is 0 Å². The van der Waals surface area contributed by atoms with Gasteiger partial charge in [0.2, 0.25) is 0 Å². The van der Waals surface area contributed by atoms with Gasteiger partial charge in [0.1, 0.15) is 5.75 Å². The molecule has 0 fully saturated rings. The summed E-state index contributed by atoms with van der Waals surface area (Å²) in [5.41, 5.74) is 2.75. The standard InChI is InChI=1S/C13H19NO2/c1-5-14-8-12(15)11-6-9(2)13(16-4)10(3)7-11/h6-7,14H,5,8H2,1-4H3. The normalized spacial score (nSPS) is 10.2. The van der Waals surface area contributed by atoms with E-state index in [9.17, 15) is 4.79 Å². The molecular weight excluding hydrogens is 202 g/mol. The van der Waals surface area contributed by atoms with Gasteiger partial charge in [-0.2, -0.15) is 0 Å². The SMILES string of the molecule is CCNCC(=O)c1cc(C)c(OC)c(C)c1. The fourth-order valence-corrected chi connectivity index (χ4v) is 1.77. The molecule has 1 aromatic carbocycles. The number of hydrogen-bond acceptors (Lipinski definition) is 3. The highest BCUT2D eigenvalue weighted by Gasteiger charge is 2.10. The van der Waals surface area contributed by atoms with E-state index in [1.165, 1.54) is 0 Å². The lowest BCUT2D eigenvalue weighted by Gasteiger charge is -2.10. The Morgan fingerprint density at radius 3 is 2.31 bits per heavy atom. The predicted octanol–water partition coefficient (Wildman–Crippen LogP) is 2.10. The molecule has 3 heteroatoms. The number of methoxy groups -OCH3 is 1. The minimum Gasteiger partial charge on any atom is -0.496 e. The van der Waals surface area contributed by atoms with Crippen LogP contribution in [-0.2, 0) is 0 Å². The zero-order valence-electron chi connectivity index (χ0n) is 10.4. The summed E-state index contributed by atoms with van der Waals surface area (Å²) in [6.07, 6.45) is 0. The van der Waals surface area contributed by atoms with Crippen LogP contribution in [0.15, 0.2) is 12.1 Å². The van der Waals surface area contributed by atoms with E-state index >= 15 is 0 Å². The minimum absolute atomic E-state index is 0.121. The van der Waals surface area contributed by atoms with Crippen molar-refractivity contribution >= 4 is 5.78 Å². The average molecular weight is 221 g/mol. The smallest absolute Gasteiger partial charge is 0.176 e. The molecule has 0 aliphatic rings. The molecule has 0 aliphatic carbocycles. The van der Waals surface area contributed by atoms with Crippen LogP contribution in [0.2, 0.25) is 0 Å². The van der Waals surface area contributed by atoms with Gasteiger partial charge < -0.3 is 10.1 Å². The first-order chi connectivity index (χ1) is 7.60. The van der Waals surface area contributed by atoms with Crippen molar-refractivity contribution in [2.75, 3.05) is 20.2 Å². The number of Topliss-reactive ketones (excluding diaryl/α,β-unsaturated/α-hetero) is 1. The number of nitrogens with one attached hydrogen (secondary N) is 1. The third-order valence-corrected chi connectivity index (χ3v) is 2.52. The molecule has 0 saturated heterocycles. The van der Waals surface area contributed by atoms with Gasteiger partial charge in [-0.1, -0.05) is 6.92 Å². The zero-order valence-corrected chi connectivity index (χ0v) is 10.4. The summed E-state index contributed by atoms with van der Waals surface area (Å²) in [6, 6.07) is 3.76. The van der Waals surface area contributed by atoms with Crippen LogP contribution in [0.1, 0.15) is 28.4 Å². The van der Waals surface area contributed by atoms with E-state index in [2.05, 4.69) is 5.32 Å². The summed E-state index contributed by atoms with van der Waals surface area (Å²) in [5.74, 6) is 0.982. The van der Waals surface area contributed by atoms with Crippen molar-refractivity contribution in [2.24, 2.45) is 0 Å². The second-order valence-electron chi connectivity index (χ2n) is 3.85. The van der Waals surface area contributed by atoms with Crippen molar-refractivity contribution in [3.63, 3.8) is 0 Å². The lowest BCUT2D eigenvalue weighted by Crippen LogP contribution is -2.22. The fraction of sp³-hybridized carbons (Fsp3) is 0.462. The Morgan fingerprint density at radius 2 is 1.88 bits per heavy atom. The maximum atomic E-state index is 11.8. The molecule has 0 radical (unpaired) electrons. The fourth-order valence-electron chi connectivity index (χ4n) is 1.77. The van der Waals surface area contributed by atoms with E-state index in [4.69, 9.17) is 4.74 Å². The minimum atomic E-state index is 0.121. The zero-order chi connectivity index (χ0) is 12.1. The van der Waals surface area contributed by atoms with Crippen LogP contribution >= 0.6 is 0 Å². The first-order valence-corrected chi connectivity index (χ1v) is 5.49.